The normalized spacial score (nSPS) is 12.9. The summed E-state index contributed by atoms with van der Waals surface area (Å²) in [5, 5.41) is 0.809. The van der Waals surface area contributed by atoms with E-state index in [-0.39, 0.29) is 6.61 Å². The highest BCUT2D eigenvalue weighted by atomic mass is 16.5. The first-order valence-electron chi connectivity index (χ1n) is 9.73. The topological polar surface area (TPSA) is 75.0 Å². The van der Waals surface area contributed by atoms with E-state index in [0.717, 1.165) is 30.2 Å². The third kappa shape index (κ3) is 4.08. The van der Waals surface area contributed by atoms with Crippen molar-refractivity contribution in [3.05, 3.63) is 75.1 Å². The van der Waals surface area contributed by atoms with Crippen molar-refractivity contribution in [2.75, 3.05) is 14.2 Å². The van der Waals surface area contributed by atoms with E-state index in [1.165, 1.54) is 23.3 Å². The molecule has 3 aromatic rings. The number of esters is 1. The zero-order valence-electron chi connectivity index (χ0n) is 16.9. The highest BCUT2D eigenvalue weighted by Gasteiger charge is 2.15. The first-order valence-corrected chi connectivity index (χ1v) is 9.73. The molecule has 0 fully saturated rings. The largest absolute Gasteiger partial charge is 0.497 e. The van der Waals surface area contributed by atoms with Gasteiger partial charge in [0.15, 0.2) is 0 Å². The highest BCUT2D eigenvalue weighted by Crippen LogP contribution is 2.29. The molecule has 6 nitrogen and oxygen atoms in total. The molecule has 4 rings (SSSR count). The molecule has 6 heteroatoms. The molecule has 1 aromatic heterocycles. The summed E-state index contributed by atoms with van der Waals surface area (Å²) in [6.45, 7) is -0.0101. The molecule has 0 aliphatic heterocycles. The molecule has 1 heterocycles. The molecule has 0 spiro atoms. The van der Waals surface area contributed by atoms with Crippen molar-refractivity contribution in [2.24, 2.45) is 0 Å². The Balaban J connectivity index is 1.51. The van der Waals surface area contributed by atoms with Crippen LogP contribution in [0.2, 0.25) is 0 Å². The first kappa shape index (κ1) is 19.8. The lowest BCUT2D eigenvalue weighted by molar-refractivity contribution is -0.138. The number of hydrogen-bond donors (Lipinski definition) is 0. The average molecular weight is 406 g/mol. The molecule has 30 heavy (non-hydrogen) atoms. The van der Waals surface area contributed by atoms with Gasteiger partial charge in [0, 0.05) is 34.7 Å². The highest BCUT2D eigenvalue weighted by molar-refractivity contribution is 5.88. The van der Waals surface area contributed by atoms with Gasteiger partial charge in [0.05, 0.1) is 14.2 Å². The second-order valence-electron chi connectivity index (χ2n) is 7.11. The fourth-order valence-corrected chi connectivity index (χ4v) is 3.73. The van der Waals surface area contributed by atoms with E-state index in [0.29, 0.717) is 22.6 Å². The molecule has 0 bridgehead atoms. The minimum Gasteiger partial charge on any atom is -0.497 e. The van der Waals surface area contributed by atoms with E-state index in [4.69, 9.17) is 18.6 Å². The maximum Gasteiger partial charge on any atom is 0.336 e. The molecular weight excluding hydrogens is 384 g/mol. The number of aryl methyl sites for hydroxylation is 2. The predicted octanol–water partition coefficient (Wildman–Crippen LogP) is 4.06. The van der Waals surface area contributed by atoms with Gasteiger partial charge >= 0.3 is 11.6 Å². The van der Waals surface area contributed by atoms with Crippen molar-refractivity contribution in [1.82, 2.24) is 0 Å². The van der Waals surface area contributed by atoms with Crippen LogP contribution in [0.15, 0.2) is 51.7 Å². The number of carbonyl (C=O) groups is 1. The molecule has 154 valence electrons. The van der Waals surface area contributed by atoms with Crippen LogP contribution in [0.3, 0.4) is 0 Å². The van der Waals surface area contributed by atoms with Gasteiger partial charge in [0.2, 0.25) is 0 Å². The van der Waals surface area contributed by atoms with Crippen LogP contribution in [-0.2, 0) is 29.0 Å². The number of rotatable bonds is 6. The summed E-state index contributed by atoms with van der Waals surface area (Å²) in [6.07, 6.45) is 6.05. The maximum atomic E-state index is 12.2. The summed E-state index contributed by atoms with van der Waals surface area (Å²) in [4.78, 5) is 24.2. The summed E-state index contributed by atoms with van der Waals surface area (Å²) < 4.78 is 21.2. The fourth-order valence-electron chi connectivity index (χ4n) is 3.73. The van der Waals surface area contributed by atoms with Gasteiger partial charge in [-0.25, -0.2) is 9.59 Å². The van der Waals surface area contributed by atoms with Crippen molar-refractivity contribution < 1.29 is 23.4 Å². The molecule has 0 amide bonds. The predicted molar refractivity (Wildman–Crippen MR) is 113 cm³/mol. The smallest absolute Gasteiger partial charge is 0.336 e. The Morgan fingerprint density at radius 3 is 2.63 bits per heavy atom. The van der Waals surface area contributed by atoms with Crippen molar-refractivity contribution in [1.29, 1.82) is 0 Å². The van der Waals surface area contributed by atoms with Gasteiger partial charge in [-0.15, -0.1) is 0 Å². The molecule has 1 aliphatic carbocycles. The van der Waals surface area contributed by atoms with Crippen LogP contribution in [-0.4, -0.2) is 20.2 Å². The van der Waals surface area contributed by atoms with Crippen LogP contribution < -0.4 is 15.1 Å². The monoisotopic (exact) mass is 406 g/mol. The lowest BCUT2D eigenvalue weighted by Gasteiger charge is -2.09. The molecule has 0 saturated heterocycles. The second kappa shape index (κ2) is 8.45. The Morgan fingerprint density at radius 1 is 1.07 bits per heavy atom. The summed E-state index contributed by atoms with van der Waals surface area (Å²) in [7, 11) is 3.12. The van der Waals surface area contributed by atoms with Gasteiger partial charge in [-0.2, -0.15) is 0 Å². The number of carbonyl (C=O) groups excluding carboxylic acids is 1. The van der Waals surface area contributed by atoms with Crippen LogP contribution in [0.1, 0.15) is 28.7 Å². The molecule has 0 unspecified atom stereocenters. The standard InChI is InChI=1S/C24H22O6/c1-27-19-8-6-15(21(13-19)28-2)7-9-23(25)29-14-18-12-24(26)30-22-11-17-5-3-4-16(17)10-20(18)22/h6-13H,3-5,14H2,1-2H3/b9-7+. The van der Waals surface area contributed by atoms with Crippen LogP contribution in [0, 0.1) is 0 Å². The summed E-state index contributed by atoms with van der Waals surface area (Å²) >= 11 is 0. The molecule has 2 aromatic carbocycles. The van der Waals surface area contributed by atoms with Gasteiger partial charge < -0.3 is 18.6 Å². The van der Waals surface area contributed by atoms with Crippen molar-refractivity contribution >= 4 is 23.0 Å². The number of ether oxygens (including phenoxy) is 3. The average Bonchev–Trinajstić information content (AvgIpc) is 3.21. The third-order valence-corrected chi connectivity index (χ3v) is 5.25. The van der Waals surface area contributed by atoms with Crippen LogP contribution in [0.4, 0.5) is 0 Å². The zero-order chi connectivity index (χ0) is 21.1. The van der Waals surface area contributed by atoms with Gasteiger partial charge in [0.25, 0.3) is 0 Å². The lowest BCUT2D eigenvalue weighted by atomic mass is 10.0. The van der Waals surface area contributed by atoms with Gasteiger partial charge in [-0.05, 0) is 60.7 Å². The van der Waals surface area contributed by atoms with Crippen LogP contribution in [0.5, 0.6) is 11.5 Å². The number of hydrogen-bond acceptors (Lipinski definition) is 6. The van der Waals surface area contributed by atoms with E-state index in [1.54, 1.807) is 38.5 Å². The first-order chi connectivity index (χ1) is 14.6. The van der Waals surface area contributed by atoms with Crippen LogP contribution in [0.25, 0.3) is 17.0 Å². The Bertz CT molecular complexity index is 1190. The van der Waals surface area contributed by atoms with Gasteiger partial charge in [-0.1, -0.05) is 0 Å². The fraction of sp³-hybridized carbons (Fsp3) is 0.250. The van der Waals surface area contributed by atoms with Gasteiger partial charge in [-0.3, -0.25) is 0 Å². The van der Waals surface area contributed by atoms with Gasteiger partial charge in [0.1, 0.15) is 23.7 Å². The molecule has 0 atom stereocenters. The molecule has 0 N–H and O–H groups in total. The zero-order valence-corrected chi connectivity index (χ0v) is 16.9. The van der Waals surface area contributed by atoms with Crippen molar-refractivity contribution in [3.8, 4) is 11.5 Å². The summed E-state index contributed by atoms with van der Waals surface area (Å²) in [5.74, 6) is 0.724. The quantitative estimate of drug-likeness (QED) is 0.349. The number of benzene rings is 2. The van der Waals surface area contributed by atoms with E-state index in [9.17, 15) is 9.59 Å². The molecule has 0 saturated carbocycles. The van der Waals surface area contributed by atoms with E-state index >= 15 is 0 Å². The number of methoxy groups -OCH3 is 2. The van der Waals surface area contributed by atoms with E-state index in [2.05, 4.69) is 0 Å². The maximum absolute atomic E-state index is 12.2. The summed E-state index contributed by atoms with van der Waals surface area (Å²) in [5.41, 5.74) is 3.92. The SMILES string of the molecule is COc1ccc(/C=C/C(=O)OCc2cc(=O)oc3cc4c(cc23)CCC4)c(OC)c1. The Labute approximate surface area is 173 Å². The summed E-state index contributed by atoms with van der Waals surface area (Å²) in [6, 6.07) is 10.7. The molecule has 1 aliphatic rings. The van der Waals surface area contributed by atoms with E-state index < -0.39 is 11.6 Å². The number of fused-ring (bicyclic) bond motifs is 2. The Hall–Kier alpha value is -3.54. The Kier molecular flexibility index (Phi) is 5.57. The minimum atomic E-state index is -0.518. The van der Waals surface area contributed by atoms with Crippen molar-refractivity contribution in [2.45, 2.75) is 25.9 Å². The third-order valence-electron chi connectivity index (χ3n) is 5.25. The van der Waals surface area contributed by atoms with Crippen LogP contribution >= 0.6 is 0 Å². The Morgan fingerprint density at radius 2 is 1.87 bits per heavy atom. The molecular formula is C24H22O6. The minimum absolute atomic E-state index is 0.0101. The lowest BCUT2D eigenvalue weighted by Crippen LogP contribution is -2.06. The van der Waals surface area contributed by atoms with Crippen molar-refractivity contribution in [3.63, 3.8) is 0 Å². The molecule has 0 radical (unpaired) electrons. The second-order valence-corrected chi connectivity index (χ2v) is 7.11. The van der Waals surface area contributed by atoms with E-state index in [1.807, 2.05) is 12.1 Å².